The molecule has 0 aliphatic heterocycles. The molecule has 118 valence electrons. The molecule has 0 bridgehead atoms. The molecule has 0 saturated heterocycles. The van der Waals surface area contributed by atoms with E-state index in [9.17, 15) is 9.59 Å². The highest BCUT2D eigenvalue weighted by Gasteiger charge is 2.55. The van der Waals surface area contributed by atoms with Gasteiger partial charge in [0.1, 0.15) is 5.78 Å². The van der Waals surface area contributed by atoms with Crippen molar-refractivity contribution in [3.05, 3.63) is 36.0 Å². The second kappa shape index (κ2) is 4.53. The third kappa shape index (κ3) is 1.85. The van der Waals surface area contributed by atoms with Crippen LogP contribution in [0.25, 0.3) is 0 Å². The zero-order valence-corrected chi connectivity index (χ0v) is 14.2. The predicted molar refractivity (Wildman–Crippen MR) is 88.3 cm³/mol. The number of allylic oxidation sites excluding steroid dienone is 5. The Balaban J connectivity index is 2.09. The lowest BCUT2D eigenvalue weighted by Crippen LogP contribution is -2.51. The third-order valence-electron chi connectivity index (χ3n) is 6.60. The van der Waals surface area contributed by atoms with Crippen LogP contribution in [0.4, 0.5) is 0 Å². The summed E-state index contributed by atoms with van der Waals surface area (Å²) in [6.45, 7) is 12.2. The Morgan fingerprint density at radius 1 is 1.18 bits per heavy atom. The Hall–Kier alpha value is -1.44. The van der Waals surface area contributed by atoms with Gasteiger partial charge in [0.2, 0.25) is 0 Å². The summed E-state index contributed by atoms with van der Waals surface area (Å²) in [5.74, 6) is 0.824. The first-order chi connectivity index (χ1) is 10.1. The van der Waals surface area contributed by atoms with Crippen molar-refractivity contribution in [1.82, 2.24) is 0 Å². The quantitative estimate of drug-likeness (QED) is 0.672. The van der Waals surface area contributed by atoms with Gasteiger partial charge in [0, 0.05) is 11.8 Å². The topological polar surface area (TPSA) is 34.1 Å². The summed E-state index contributed by atoms with van der Waals surface area (Å²) in [4.78, 5) is 25.0. The maximum Gasteiger partial charge on any atom is 0.169 e. The Bertz CT molecular complexity index is 634. The number of hydrogen-bond acceptors (Lipinski definition) is 2. The standard InChI is InChI=1S/C20H26O2/c1-6-19(4)12-13-7-8-15-18(2,3)16(21)9-10-20(15,5)14(13)11-17(19)22/h6,11-12,15H,1,7-10H2,2-5H3/t15-,19-,20+/m1/s1. The van der Waals surface area contributed by atoms with E-state index in [2.05, 4.69) is 33.4 Å². The van der Waals surface area contributed by atoms with Crippen LogP contribution in [0.3, 0.4) is 0 Å². The van der Waals surface area contributed by atoms with Gasteiger partial charge in [-0.3, -0.25) is 9.59 Å². The number of carbonyl (C=O) groups excluding carboxylic acids is 2. The molecule has 3 aliphatic carbocycles. The molecular weight excluding hydrogens is 272 g/mol. The average molecular weight is 298 g/mol. The molecular formula is C20H26O2. The van der Waals surface area contributed by atoms with Crippen LogP contribution in [-0.4, -0.2) is 11.6 Å². The van der Waals surface area contributed by atoms with Crippen molar-refractivity contribution in [3.63, 3.8) is 0 Å². The number of rotatable bonds is 1. The SMILES string of the molecule is C=C[C@]1(C)C=C2CC[C@@H]3C(C)(C)C(=O)CC[C@@]3(C)C2=CC1=O. The van der Waals surface area contributed by atoms with E-state index in [1.54, 1.807) is 6.08 Å². The number of Topliss-reactive ketones (excluding diaryl/α,β-unsaturated/α-hetero) is 1. The first-order valence-electron chi connectivity index (χ1n) is 8.31. The summed E-state index contributed by atoms with van der Waals surface area (Å²) in [5, 5.41) is 0. The van der Waals surface area contributed by atoms with Gasteiger partial charge < -0.3 is 0 Å². The van der Waals surface area contributed by atoms with E-state index in [1.807, 2.05) is 13.0 Å². The highest BCUT2D eigenvalue weighted by molar-refractivity contribution is 6.00. The summed E-state index contributed by atoms with van der Waals surface area (Å²) < 4.78 is 0. The molecule has 0 aromatic carbocycles. The summed E-state index contributed by atoms with van der Waals surface area (Å²) in [5.41, 5.74) is 1.57. The molecule has 0 unspecified atom stereocenters. The molecule has 2 heteroatoms. The molecule has 3 atom stereocenters. The van der Waals surface area contributed by atoms with Crippen molar-refractivity contribution < 1.29 is 9.59 Å². The molecule has 0 spiro atoms. The number of hydrogen-bond donors (Lipinski definition) is 0. The van der Waals surface area contributed by atoms with Gasteiger partial charge in [-0.1, -0.05) is 32.9 Å². The lowest BCUT2D eigenvalue weighted by atomic mass is 9.48. The predicted octanol–water partition coefficient (Wildman–Crippen LogP) is 4.42. The van der Waals surface area contributed by atoms with E-state index < -0.39 is 5.41 Å². The first kappa shape index (κ1) is 15.5. The van der Waals surface area contributed by atoms with Gasteiger partial charge >= 0.3 is 0 Å². The van der Waals surface area contributed by atoms with Gasteiger partial charge in [-0.2, -0.15) is 0 Å². The van der Waals surface area contributed by atoms with Crippen LogP contribution in [0.1, 0.15) is 53.4 Å². The van der Waals surface area contributed by atoms with Crippen LogP contribution in [0.5, 0.6) is 0 Å². The minimum absolute atomic E-state index is 0.0559. The minimum Gasteiger partial charge on any atom is -0.299 e. The molecule has 2 fully saturated rings. The van der Waals surface area contributed by atoms with Crippen molar-refractivity contribution in [1.29, 1.82) is 0 Å². The zero-order chi connectivity index (χ0) is 16.3. The average Bonchev–Trinajstić information content (AvgIpc) is 2.46. The molecule has 0 aromatic rings. The van der Waals surface area contributed by atoms with Gasteiger partial charge in [0.15, 0.2) is 5.78 Å². The molecule has 2 nitrogen and oxygen atoms in total. The van der Waals surface area contributed by atoms with Gasteiger partial charge in [-0.25, -0.2) is 0 Å². The summed E-state index contributed by atoms with van der Waals surface area (Å²) >= 11 is 0. The van der Waals surface area contributed by atoms with Crippen LogP contribution < -0.4 is 0 Å². The second-order valence-corrected chi connectivity index (χ2v) is 8.23. The van der Waals surface area contributed by atoms with Gasteiger partial charge in [-0.15, -0.1) is 6.58 Å². The normalized spacial score (nSPS) is 40.3. The molecule has 0 N–H and O–H groups in total. The molecule has 22 heavy (non-hydrogen) atoms. The van der Waals surface area contributed by atoms with E-state index in [0.717, 1.165) is 19.3 Å². The van der Waals surface area contributed by atoms with E-state index in [0.29, 0.717) is 18.1 Å². The van der Waals surface area contributed by atoms with Crippen molar-refractivity contribution in [3.8, 4) is 0 Å². The molecule has 0 radical (unpaired) electrons. The van der Waals surface area contributed by atoms with Gasteiger partial charge in [-0.05, 0) is 54.7 Å². The molecule has 0 amide bonds. The molecule has 0 aromatic heterocycles. The lowest BCUT2D eigenvalue weighted by Gasteiger charge is -2.55. The zero-order valence-electron chi connectivity index (χ0n) is 14.2. The second-order valence-electron chi connectivity index (χ2n) is 8.23. The molecule has 2 saturated carbocycles. The fourth-order valence-electron chi connectivity index (χ4n) is 4.95. The van der Waals surface area contributed by atoms with Crippen molar-refractivity contribution in [2.75, 3.05) is 0 Å². The Morgan fingerprint density at radius 3 is 2.50 bits per heavy atom. The maximum atomic E-state index is 12.6. The van der Waals surface area contributed by atoms with E-state index in [-0.39, 0.29) is 16.6 Å². The number of ketones is 2. The van der Waals surface area contributed by atoms with E-state index >= 15 is 0 Å². The molecule has 3 rings (SSSR count). The molecule has 3 aliphatic rings. The molecule has 0 heterocycles. The fraction of sp³-hybridized carbons (Fsp3) is 0.600. The van der Waals surface area contributed by atoms with Crippen LogP contribution in [0, 0.1) is 22.2 Å². The Labute approximate surface area is 133 Å². The smallest absolute Gasteiger partial charge is 0.169 e. The highest BCUT2D eigenvalue weighted by atomic mass is 16.1. The van der Waals surface area contributed by atoms with Gasteiger partial charge in [0.25, 0.3) is 0 Å². The van der Waals surface area contributed by atoms with Crippen LogP contribution >= 0.6 is 0 Å². The van der Waals surface area contributed by atoms with Crippen molar-refractivity contribution in [2.45, 2.75) is 53.4 Å². The van der Waals surface area contributed by atoms with E-state index in [4.69, 9.17) is 0 Å². The Kier molecular flexibility index (Phi) is 3.18. The number of carbonyl (C=O) groups is 2. The number of fused-ring (bicyclic) bond motifs is 3. The van der Waals surface area contributed by atoms with Crippen LogP contribution in [-0.2, 0) is 9.59 Å². The summed E-state index contributed by atoms with van der Waals surface area (Å²) in [6.07, 6.45) is 9.19. The van der Waals surface area contributed by atoms with Gasteiger partial charge in [0.05, 0.1) is 5.41 Å². The first-order valence-corrected chi connectivity index (χ1v) is 8.31. The lowest BCUT2D eigenvalue weighted by molar-refractivity contribution is -0.139. The summed E-state index contributed by atoms with van der Waals surface area (Å²) in [6, 6.07) is 0. The van der Waals surface area contributed by atoms with Crippen LogP contribution in [0.15, 0.2) is 36.0 Å². The summed E-state index contributed by atoms with van der Waals surface area (Å²) in [7, 11) is 0. The Morgan fingerprint density at radius 2 is 1.86 bits per heavy atom. The van der Waals surface area contributed by atoms with Crippen molar-refractivity contribution in [2.24, 2.45) is 22.2 Å². The largest absolute Gasteiger partial charge is 0.299 e. The minimum atomic E-state index is -0.567. The monoisotopic (exact) mass is 298 g/mol. The van der Waals surface area contributed by atoms with Crippen LogP contribution in [0.2, 0.25) is 0 Å². The van der Waals surface area contributed by atoms with E-state index in [1.165, 1.54) is 11.1 Å². The fourth-order valence-corrected chi connectivity index (χ4v) is 4.95. The third-order valence-corrected chi connectivity index (χ3v) is 6.60. The highest BCUT2D eigenvalue weighted by Crippen LogP contribution is 2.61. The maximum absolute atomic E-state index is 12.6. The van der Waals surface area contributed by atoms with Crippen molar-refractivity contribution >= 4 is 11.6 Å².